The minimum absolute atomic E-state index is 0.0339. The summed E-state index contributed by atoms with van der Waals surface area (Å²) in [6, 6.07) is 3.42. The van der Waals surface area contributed by atoms with Crippen LogP contribution in [0.2, 0.25) is 0 Å². The monoisotopic (exact) mass is 480 g/mol. The van der Waals surface area contributed by atoms with E-state index in [0.29, 0.717) is 17.4 Å². The molecule has 2 N–H and O–H groups in total. The normalized spacial score (nSPS) is 12.8. The number of nitrogens with one attached hydrogen (secondary N) is 2. The molecule has 0 spiro atoms. The molecule has 0 saturated heterocycles. The van der Waals surface area contributed by atoms with E-state index >= 15 is 0 Å². The van der Waals surface area contributed by atoms with Crippen LogP contribution in [-0.2, 0) is 14.3 Å². The predicted molar refractivity (Wildman–Crippen MR) is 115 cm³/mol. The first kappa shape index (κ1) is 26.8. The maximum atomic E-state index is 12.7. The standard InChI is InChI=1S/C19H24ClF3N4O3S/c1-3-27(14(17(20)24)12-26-13-6-5-8-25-11-13)16(28)7-9-31-15(10-19(21,22)23)18(29)30-4-2/h5-6,8,11-12,15,24,26H,3-4,7,9-10H2,1-2H3/b14-12+,24-17?. The molecular formula is C19H24ClF3N4O3S. The van der Waals surface area contributed by atoms with E-state index in [2.05, 4.69) is 10.3 Å². The lowest BCUT2D eigenvalue weighted by Crippen LogP contribution is -2.33. The summed E-state index contributed by atoms with van der Waals surface area (Å²) in [7, 11) is 0. The van der Waals surface area contributed by atoms with E-state index in [-0.39, 0.29) is 36.2 Å². The summed E-state index contributed by atoms with van der Waals surface area (Å²) in [5.74, 6) is -1.45. The number of rotatable bonds is 12. The Bertz CT molecular complexity index is 778. The van der Waals surface area contributed by atoms with Gasteiger partial charge >= 0.3 is 12.1 Å². The summed E-state index contributed by atoms with van der Waals surface area (Å²) in [5.41, 5.74) is 0.710. The second-order valence-corrected chi connectivity index (χ2v) is 7.74. The zero-order chi connectivity index (χ0) is 23.4. The lowest BCUT2D eigenvalue weighted by Gasteiger charge is -2.23. The second-order valence-electron chi connectivity index (χ2n) is 6.05. The largest absolute Gasteiger partial charge is 0.465 e. The smallest absolute Gasteiger partial charge is 0.390 e. The number of nitrogens with zero attached hydrogens (tertiary/aromatic N) is 2. The summed E-state index contributed by atoms with van der Waals surface area (Å²) >= 11 is 6.55. The number of halogens is 4. The number of thioether (sulfide) groups is 1. The highest BCUT2D eigenvalue weighted by Crippen LogP contribution is 2.29. The van der Waals surface area contributed by atoms with Gasteiger partial charge in [0.2, 0.25) is 5.91 Å². The SMILES string of the molecule is CCOC(=O)C(CC(F)(F)F)SCCC(=O)N(CC)/C(=C/Nc1cccnc1)C(=N)Cl. The van der Waals surface area contributed by atoms with Crippen LogP contribution < -0.4 is 5.32 Å². The van der Waals surface area contributed by atoms with Crippen LogP contribution in [0.4, 0.5) is 18.9 Å². The van der Waals surface area contributed by atoms with E-state index in [0.717, 1.165) is 0 Å². The Morgan fingerprint density at radius 3 is 2.65 bits per heavy atom. The molecule has 0 bridgehead atoms. The minimum Gasteiger partial charge on any atom is -0.465 e. The predicted octanol–water partition coefficient (Wildman–Crippen LogP) is 4.41. The van der Waals surface area contributed by atoms with Gasteiger partial charge in [-0.15, -0.1) is 11.8 Å². The van der Waals surface area contributed by atoms with Gasteiger partial charge in [-0.3, -0.25) is 20.0 Å². The highest BCUT2D eigenvalue weighted by molar-refractivity contribution is 8.00. The first-order valence-corrected chi connectivity index (χ1v) is 10.8. The number of carbonyl (C=O) groups is 2. The number of anilines is 1. The van der Waals surface area contributed by atoms with Gasteiger partial charge in [0.25, 0.3) is 0 Å². The highest BCUT2D eigenvalue weighted by atomic mass is 35.5. The summed E-state index contributed by atoms with van der Waals surface area (Å²) in [6.45, 7) is 3.33. The average Bonchev–Trinajstić information content (AvgIpc) is 2.70. The Kier molecular flexibility index (Phi) is 11.4. The van der Waals surface area contributed by atoms with E-state index in [4.69, 9.17) is 21.7 Å². The van der Waals surface area contributed by atoms with E-state index in [1.165, 1.54) is 24.2 Å². The van der Waals surface area contributed by atoms with Gasteiger partial charge in [-0.25, -0.2) is 0 Å². The molecule has 7 nitrogen and oxygen atoms in total. The van der Waals surface area contributed by atoms with Crippen molar-refractivity contribution in [3.05, 3.63) is 36.4 Å². The van der Waals surface area contributed by atoms with Crippen molar-refractivity contribution in [2.45, 2.75) is 38.1 Å². The van der Waals surface area contributed by atoms with Crippen molar-refractivity contribution in [1.82, 2.24) is 9.88 Å². The van der Waals surface area contributed by atoms with E-state index in [1.54, 1.807) is 25.3 Å². The van der Waals surface area contributed by atoms with Crippen LogP contribution >= 0.6 is 23.4 Å². The fraction of sp³-hybridized carbons (Fsp3) is 0.474. The van der Waals surface area contributed by atoms with Crippen LogP contribution in [0.25, 0.3) is 0 Å². The molecule has 0 aliphatic rings. The van der Waals surface area contributed by atoms with Gasteiger partial charge in [-0.05, 0) is 26.0 Å². The summed E-state index contributed by atoms with van der Waals surface area (Å²) < 4.78 is 42.9. The lowest BCUT2D eigenvalue weighted by molar-refractivity contribution is -0.155. The van der Waals surface area contributed by atoms with Gasteiger partial charge in [0, 0.05) is 31.1 Å². The van der Waals surface area contributed by atoms with Gasteiger partial charge in [0.15, 0.2) is 0 Å². The Balaban J connectivity index is 2.80. The van der Waals surface area contributed by atoms with Gasteiger partial charge in [0.1, 0.15) is 10.4 Å². The fourth-order valence-electron chi connectivity index (χ4n) is 2.42. The molecule has 1 heterocycles. The topological polar surface area (TPSA) is 95.4 Å². The molecule has 0 radical (unpaired) electrons. The maximum absolute atomic E-state index is 12.7. The maximum Gasteiger partial charge on any atom is 0.390 e. The molecule has 1 atom stereocenters. The summed E-state index contributed by atoms with van der Waals surface area (Å²) in [6.07, 6.45) is -1.52. The molecule has 1 aromatic heterocycles. The van der Waals surface area contributed by atoms with Crippen LogP contribution in [0.1, 0.15) is 26.7 Å². The van der Waals surface area contributed by atoms with Crippen molar-refractivity contribution >= 4 is 46.1 Å². The third-order valence-corrected chi connectivity index (χ3v) is 5.17. The number of alkyl halides is 3. The number of esters is 1. The number of hydrogen-bond donors (Lipinski definition) is 2. The van der Waals surface area contributed by atoms with E-state index in [1.807, 2.05) is 0 Å². The number of hydrogen-bond acceptors (Lipinski definition) is 7. The van der Waals surface area contributed by atoms with Crippen LogP contribution in [-0.4, -0.2) is 57.3 Å². The fourth-order valence-corrected chi connectivity index (χ4v) is 3.66. The number of aromatic nitrogens is 1. The molecule has 31 heavy (non-hydrogen) atoms. The van der Waals surface area contributed by atoms with Gasteiger partial charge in [-0.2, -0.15) is 13.2 Å². The molecule has 12 heteroatoms. The molecule has 1 rings (SSSR count). The van der Waals surface area contributed by atoms with Crippen molar-refractivity contribution in [2.24, 2.45) is 0 Å². The van der Waals surface area contributed by atoms with Crippen molar-refractivity contribution in [3.8, 4) is 0 Å². The van der Waals surface area contributed by atoms with Gasteiger partial charge in [0.05, 0.1) is 30.6 Å². The zero-order valence-electron chi connectivity index (χ0n) is 17.0. The number of carbonyl (C=O) groups excluding carboxylic acids is 2. The number of amides is 1. The zero-order valence-corrected chi connectivity index (χ0v) is 18.6. The Morgan fingerprint density at radius 2 is 2.13 bits per heavy atom. The number of pyridine rings is 1. The van der Waals surface area contributed by atoms with E-state index < -0.39 is 29.7 Å². The molecule has 172 valence electrons. The molecule has 1 aromatic rings. The van der Waals surface area contributed by atoms with Gasteiger partial charge in [-0.1, -0.05) is 11.6 Å². The molecule has 0 saturated carbocycles. The third kappa shape index (κ3) is 10.1. The van der Waals surface area contributed by atoms with Crippen LogP contribution in [0.15, 0.2) is 36.4 Å². The molecule has 0 fully saturated rings. The van der Waals surface area contributed by atoms with Gasteiger partial charge < -0.3 is 15.0 Å². The molecular weight excluding hydrogens is 457 g/mol. The molecule has 0 aliphatic carbocycles. The lowest BCUT2D eigenvalue weighted by atomic mass is 10.3. The molecule has 1 amide bonds. The molecule has 0 aliphatic heterocycles. The molecule has 0 aromatic carbocycles. The number of allylic oxidation sites excluding steroid dienone is 1. The first-order valence-electron chi connectivity index (χ1n) is 9.35. The highest BCUT2D eigenvalue weighted by Gasteiger charge is 2.36. The molecule has 1 unspecified atom stereocenters. The van der Waals surface area contributed by atoms with Crippen LogP contribution in [0.3, 0.4) is 0 Å². The summed E-state index contributed by atoms with van der Waals surface area (Å²) in [5, 5.41) is 8.80. The van der Waals surface area contributed by atoms with Crippen molar-refractivity contribution < 1.29 is 27.5 Å². The number of ether oxygens (including phenoxy) is 1. The summed E-state index contributed by atoms with van der Waals surface area (Å²) in [4.78, 5) is 29.6. The van der Waals surface area contributed by atoms with Crippen molar-refractivity contribution in [1.29, 1.82) is 5.41 Å². The Morgan fingerprint density at radius 1 is 1.42 bits per heavy atom. The second kappa shape index (κ2) is 13.2. The average molecular weight is 481 g/mol. The van der Waals surface area contributed by atoms with Crippen molar-refractivity contribution in [3.63, 3.8) is 0 Å². The Hall–Kier alpha value is -2.27. The minimum atomic E-state index is -4.54. The third-order valence-electron chi connectivity index (χ3n) is 3.77. The first-order chi connectivity index (χ1) is 14.6. The van der Waals surface area contributed by atoms with Crippen molar-refractivity contribution in [2.75, 3.05) is 24.2 Å². The van der Waals surface area contributed by atoms with Crippen LogP contribution in [0.5, 0.6) is 0 Å². The van der Waals surface area contributed by atoms with Crippen LogP contribution in [0, 0.1) is 5.41 Å². The van der Waals surface area contributed by atoms with E-state index in [9.17, 15) is 22.8 Å². The quantitative estimate of drug-likeness (QED) is 0.340. The Labute approximate surface area is 187 Å².